The zero-order valence-electron chi connectivity index (χ0n) is 18.9. The number of nitrogens with one attached hydrogen (secondary N) is 1. The maximum atomic E-state index is 15.2. The third kappa shape index (κ3) is 2.75. The first-order valence-electron chi connectivity index (χ1n) is 11.8. The summed E-state index contributed by atoms with van der Waals surface area (Å²) in [6.07, 6.45) is 0. The van der Waals surface area contributed by atoms with Crippen molar-refractivity contribution in [1.82, 2.24) is 20.5 Å². The van der Waals surface area contributed by atoms with Crippen molar-refractivity contribution in [3.8, 4) is 10.6 Å². The van der Waals surface area contributed by atoms with Gasteiger partial charge >= 0.3 is 0 Å². The van der Waals surface area contributed by atoms with E-state index < -0.39 is 11.6 Å². The predicted octanol–water partition coefficient (Wildman–Crippen LogP) is 6.52. The van der Waals surface area contributed by atoms with Gasteiger partial charge in [0.1, 0.15) is 17.3 Å². The molecule has 1 unspecified atom stereocenters. The average Bonchev–Trinajstić information content (AvgIpc) is 3.65. The highest BCUT2D eigenvalue weighted by Crippen LogP contribution is 2.51. The molecule has 176 valence electrons. The van der Waals surface area contributed by atoms with Crippen molar-refractivity contribution in [2.24, 2.45) is 0 Å². The number of nitrogens with zero attached hydrogens (tertiary/aromatic N) is 4. The molecule has 5 heterocycles. The van der Waals surface area contributed by atoms with Crippen LogP contribution < -0.4 is 10.2 Å². The van der Waals surface area contributed by atoms with E-state index in [1.807, 2.05) is 17.5 Å². The summed E-state index contributed by atoms with van der Waals surface area (Å²) in [4.78, 5) is 8.21. The highest BCUT2D eigenvalue weighted by Gasteiger charge is 2.25. The minimum atomic E-state index is -0.456. The van der Waals surface area contributed by atoms with E-state index in [1.54, 1.807) is 11.3 Å². The van der Waals surface area contributed by atoms with Crippen molar-refractivity contribution in [1.29, 1.82) is 0 Å². The lowest BCUT2D eigenvalue weighted by Gasteiger charge is -2.29. The van der Waals surface area contributed by atoms with Crippen LogP contribution in [0, 0.1) is 11.6 Å². The molecule has 0 bridgehead atoms. The lowest BCUT2D eigenvalue weighted by atomic mass is 10.1. The minimum Gasteiger partial charge on any atom is -0.369 e. The van der Waals surface area contributed by atoms with Crippen molar-refractivity contribution in [3.05, 3.63) is 59.5 Å². The van der Waals surface area contributed by atoms with Gasteiger partial charge in [-0.2, -0.15) is 0 Å². The zero-order chi connectivity index (χ0) is 24.0. The summed E-state index contributed by atoms with van der Waals surface area (Å²) in [5, 5.41) is 20.9. The molecule has 0 aliphatic carbocycles. The summed E-state index contributed by atoms with van der Waals surface area (Å²) < 4.78 is 30.3. The summed E-state index contributed by atoms with van der Waals surface area (Å²) in [5.74, 6) is -0.853. The fraction of sp³-hybridized carbons (Fsp3) is 0.148. The Morgan fingerprint density at radius 1 is 0.861 bits per heavy atom. The topological polar surface area (TPSA) is 53.9 Å². The van der Waals surface area contributed by atoms with Crippen LogP contribution in [0.15, 0.2) is 47.8 Å². The number of hydrogen-bond acceptors (Lipinski definition) is 6. The first kappa shape index (κ1) is 20.7. The molecule has 1 fully saturated rings. The van der Waals surface area contributed by atoms with Crippen molar-refractivity contribution in [3.63, 3.8) is 0 Å². The second-order valence-electron chi connectivity index (χ2n) is 9.18. The summed E-state index contributed by atoms with van der Waals surface area (Å²) in [6, 6.07) is 13.0. The van der Waals surface area contributed by atoms with Gasteiger partial charge < -0.3 is 10.2 Å². The second-order valence-corrected chi connectivity index (χ2v) is 11.4. The van der Waals surface area contributed by atoms with E-state index in [1.165, 1.54) is 12.1 Å². The average molecular weight is 514 g/mol. The summed E-state index contributed by atoms with van der Waals surface area (Å²) in [5.41, 5.74) is 2.87. The van der Waals surface area contributed by atoms with Crippen LogP contribution in [-0.4, -0.2) is 41.4 Å². The van der Waals surface area contributed by atoms with E-state index in [9.17, 15) is 0 Å². The maximum Gasteiger partial charge on any atom is 0.185 e. The maximum absolute atomic E-state index is 15.2. The molecule has 7 aromatic rings. The van der Waals surface area contributed by atoms with Crippen molar-refractivity contribution >= 4 is 78.9 Å². The largest absolute Gasteiger partial charge is 0.369 e. The number of thiophene rings is 1. The van der Waals surface area contributed by atoms with Crippen LogP contribution in [0.25, 0.3) is 64.3 Å². The SMILES string of the molecule is Fc1ccc(F)c2c1[pH]c1c3cc(N4CCNCC4)ccc3c3c4c(-c5cccs5)nnc4nc2c13. The number of rotatable bonds is 2. The van der Waals surface area contributed by atoms with E-state index in [2.05, 4.69) is 38.6 Å². The third-order valence-corrected chi connectivity index (χ3v) is 9.66. The van der Waals surface area contributed by atoms with Crippen LogP contribution in [0.1, 0.15) is 0 Å². The number of fused-ring (bicyclic) bond motifs is 7. The third-order valence-electron chi connectivity index (χ3n) is 7.28. The number of pyridine rings is 1. The second kappa shape index (κ2) is 7.53. The molecule has 3 aromatic carbocycles. The first-order chi connectivity index (χ1) is 17.7. The number of halogens is 2. The molecule has 1 aliphatic rings. The van der Waals surface area contributed by atoms with Gasteiger partial charge in [-0.1, -0.05) is 12.1 Å². The molecule has 9 heteroatoms. The number of benzene rings is 2. The molecular formula is C27H18F2N5PS. The van der Waals surface area contributed by atoms with Crippen molar-refractivity contribution < 1.29 is 8.78 Å². The molecule has 1 N–H and O–H groups in total. The molecule has 0 radical (unpaired) electrons. The van der Waals surface area contributed by atoms with Crippen LogP contribution in [0.4, 0.5) is 14.5 Å². The van der Waals surface area contributed by atoms with Gasteiger partial charge in [0.2, 0.25) is 0 Å². The lowest BCUT2D eigenvalue weighted by Crippen LogP contribution is -2.43. The van der Waals surface area contributed by atoms with E-state index in [-0.39, 0.29) is 13.6 Å². The van der Waals surface area contributed by atoms with E-state index in [0.29, 0.717) is 16.3 Å². The van der Waals surface area contributed by atoms with Crippen LogP contribution in [0.5, 0.6) is 0 Å². The normalized spacial score (nSPS) is 15.1. The molecule has 1 saturated heterocycles. The van der Waals surface area contributed by atoms with Gasteiger partial charge in [-0.3, -0.25) is 0 Å². The molecule has 36 heavy (non-hydrogen) atoms. The lowest BCUT2D eigenvalue weighted by molar-refractivity contribution is 0.589. The molecule has 8 rings (SSSR count). The number of aromatic nitrogens is 3. The van der Waals surface area contributed by atoms with Gasteiger partial charge in [-0.15, -0.1) is 29.7 Å². The van der Waals surface area contributed by atoms with E-state index in [0.717, 1.165) is 74.5 Å². The monoisotopic (exact) mass is 513 g/mol. The van der Waals surface area contributed by atoms with E-state index >= 15 is 8.78 Å². The van der Waals surface area contributed by atoms with Gasteiger partial charge in [0, 0.05) is 52.9 Å². The Balaban J connectivity index is 1.59. The minimum absolute atomic E-state index is 0.00660. The Bertz CT molecular complexity index is 1960. The molecule has 5 nitrogen and oxygen atoms in total. The highest BCUT2D eigenvalue weighted by atomic mass is 32.1. The molecule has 0 spiro atoms. The van der Waals surface area contributed by atoms with Crippen LogP contribution >= 0.6 is 19.5 Å². The number of anilines is 1. The Morgan fingerprint density at radius 2 is 1.72 bits per heavy atom. The summed E-state index contributed by atoms with van der Waals surface area (Å²) >= 11 is 1.60. The smallest absolute Gasteiger partial charge is 0.185 e. The number of piperazine rings is 1. The van der Waals surface area contributed by atoms with Crippen molar-refractivity contribution in [2.75, 3.05) is 31.1 Å². The van der Waals surface area contributed by atoms with Gasteiger partial charge in [-0.05, 0) is 46.5 Å². The van der Waals surface area contributed by atoms with E-state index in [4.69, 9.17) is 4.98 Å². The molecule has 0 amide bonds. The fourth-order valence-corrected chi connectivity index (χ4v) is 7.91. The van der Waals surface area contributed by atoms with Gasteiger partial charge in [-0.25, -0.2) is 13.8 Å². The molecule has 0 saturated carbocycles. The van der Waals surface area contributed by atoms with Gasteiger partial charge in [0.05, 0.1) is 21.2 Å². The van der Waals surface area contributed by atoms with Crippen LogP contribution in [0.3, 0.4) is 0 Å². The summed E-state index contributed by atoms with van der Waals surface area (Å²) in [7, 11) is -0.00660. The molecule has 4 aromatic heterocycles. The van der Waals surface area contributed by atoms with Crippen molar-refractivity contribution in [2.45, 2.75) is 0 Å². The quantitative estimate of drug-likeness (QED) is 0.267. The van der Waals surface area contributed by atoms with Crippen LogP contribution in [0.2, 0.25) is 0 Å². The van der Waals surface area contributed by atoms with Gasteiger partial charge in [0.25, 0.3) is 0 Å². The number of hydrogen-bond donors (Lipinski definition) is 1. The Kier molecular flexibility index (Phi) is 4.33. The summed E-state index contributed by atoms with van der Waals surface area (Å²) in [6.45, 7) is 3.75. The van der Waals surface area contributed by atoms with Crippen LogP contribution in [-0.2, 0) is 0 Å². The predicted molar refractivity (Wildman–Crippen MR) is 146 cm³/mol. The standard InChI is InChI=1S/C27H18F2N5PS/c28-16-5-6-17(29)26-20(16)24-21-19(22-23(18-2-1-11-36-18)32-33-27(22)31-24)14-4-3-13(12-15(14)25(21)35-26)34-9-7-30-8-10-34/h1-6,11-12,30,35H,7-10H2. The van der Waals surface area contributed by atoms with Gasteiger partial charge in [0.15, 0.2) is 5.65 Å². The first-order valence-corrected chi connectivity index (χ1v) is 13.7. The Labute approximate surface area is 209 Å². The fourth-order valence-electron chi connectivity index (χ4n) is 5.67. The molecule has 1 aliphatic heterocycles. The Morgan fingerprint density at radius 3 is 2.56 bits per heavy atom. The molecular weight excluding hydrogens is 495 g/mol. The zero-order valence-corrected chi connectivity index (χ0v) is 20.7. The Hall–Kier alpha value is -3.45. The highest BCUT2D eigenvalue weighted by molar-refractivity contribution is 7.44. The molecule has 1 atom stereocenters.